The normalized spacial score (nSPS) is 17.0. The summed E-state index contributed by atoms with van der Waals surface area (Å²) in [5.74, 6) is -1.69. The number of rotatable bonds is 1. The molecule has 5 heteroatoms. The summed E-state index contributed by atoms with van der Waals surface area (Å²) in [6.07, 6.45) is 1.39. The van der Waals surface area contributed by atoms with Crippen LogP contribution >= 0.6 is 0 Å². The molecule has 3 nitrogen and oxygen atoms in total. The molecule has 1 saturated heterocycles. The van der Waals surface area contributed by atoms with Crippen LogP contribution in [0.15, 0.2) is 12.1 Å². The molecule has 0 spiro atoms. The van der Waals surface area contributed by atoms with E-state index in [4.69, 9.17) is 5.73 Å². The smallest absolute Gasteiger partial charge is 0.256 e. The molecule has 1 aliphatic rings. The van der Waals surface area contributed by atoms with Crippen LogP contribution in [0.3, 0.4) is 0 Å². The fourth-order valence-corrected chi connectivity index (χ4v) is 2.08. The van der Waals surface area contributed by atoms with E-state index in [1.54, 1.807) is 0 Å². The van der Waals surface area contributed by atoms with Crippen LogP contribution < -0.4 is 5.73 Å². The van der Waals surface area contributed by atoms with Crippen LogP contribution in [0.25, 0.3) is 0 Å². The maximum atomic E-state index is 13.7. The number of likely N-dealkylation sites (tertiary alicyclic amines) is 1. The van der Waals surface area contributed by atoms with Crippen molar-refractivity contribution in [3.8, 4) is 0 Å². The molecule has 0 saturated carbocycles. The standard InChI is InChI=1S/C13H16F2N2O/c1-8-6-12(15)10(7-11(8)14)13(18)17-4-2-9(16)3-5-17/h6-7,9H,2-5,16H2,1H3. The average molecular weight is 254 g/mol. The molecular weight excluding hydrogens is 238 g/mol. The number of benzene rings is 1. The zero-order valence-electron chi connectivity index (χ0n) is 10.2. The lowest BCUT2D eigenvalue weighted by Gasteiger charge is -2.30. The van der Waals surface area contributed by atoms with Gasteiger partial charge in [-0.3, -0.25) is 4.79 Å². The molecule has 2 rings (SSSR count). The topological polar surface area (TPSA) is 46.3 Å². The molecule has 2 N–H and O–H groups in total. The van der Waals surface area contributed by atoms with E-state index < -0.39 is 17.5 Å². The average Bonchev–Trinajstić information content (AvgIpc) is 2.34. The Kier molecular flexibility index (Phi) is 3.61. The van der Waals surface area contributed by atoms with Crippen molar-refractivity contribution in [2.24, 2.45) is 5.73 Å². The minimum atomic E-state index is -0.672. The van der Waals surface area contributed by atoms with E-state index in [1.807, 2.05) is 0 Å². The van der Waals surface area contributed by atoms with Crippen molar-refractivity contribution >= 4 is 5.91 Å². The van der Waals surface area contributed by atoms with Crippen molar-refractivity contribution in [1.29, 1.82) is 0 Å². The van der Waals surface area contributed by atoms with Gasteiger partial charge in [-0.1, -0.05) is 0 Å². The van der Waals surface area contributed by atoms with E-state index in [1.165, 1.54) is 11.8 Å². The van der Waals surface area contributed by atoms with Crippen LogP contribution in [0.1, 0.15) is 28.8 Å². The molecule has 98 valence electrons. The largest absolute Gasteiger partial charge is 0.338 e. The lowest BCUT2D eigenvalue weighted by molar-refractivity contribution is 0.0709. The fraction of sp³-hybridized carbons (Fsp3) is 0.462. The highest BCUT2D eigenvalue weighted by Crippen LogP contribution is 2.18. The van der Waals surface area contributed by atoms with Crippen LogP contribution in [-0.2, 0) is 0 Å². The van der Waals surface area contributed by atoms with E-state index >= 15 is 0 Å². The van der Waals surface area contributed by atoms with Crippen LogP contribution in [0, 0.1) is 18.6 Å². The summed E-state index contributed by atoms with van der Waals surface area (Å²) in [4.78, 5) is 13.6. The molecule has 1 fully saturated rings. The van der Waals surface area contributed by atoms with Crippen molar-refractivity contribution in [3.05, 3.63) is 34.9 Å². The van der Waals surface area contributed by atoms with Gasteiger partial charge in [-0.25, -0.2) is 8.78 Å². The highest BCUT2D eigenvalue weighted by Gasteiger charge is 2.24. The Balaban J connectivity index is 2.21. The highest BCUT2D eigenvalue weighted by molar-refractivity contribution is 5.94. The number of piperidine rings is 1. The third-order valence-corrected chi connectivity index (χ3v) is 3.31. The molecular formula is C13H16F2N2O. The summed E-state index contributed by atoms with van der Waals surface area (Å²) in [6.45, 7) is 2.45. The number of aryl methyl sites for hydroxylation is 1. The molecule has 1 aromatic rings. The van der Waals surface area contributed by atoms with E-state index in [0.717, 1.165) is 12.1 Å². The third kappa shape index (κ3) is 2.51. The molecule has 1 aromatic carbocycles. The Labute approximate surface area is 105 Å². The molecule has 0 aromatic heterocycles. The summed E-state index contributed by atoms with van der Waals surface area (Å²) < 4.78 is 27.1. The Morgan fingerprint density at radius 3 is 2.50 bits per heavy atom. The SMILES string of the molecule is Cc1cc(F)c(C(=O)N2CCC(N)CC2)cc1F. The van der Waals surface area contributed by atoms with Gasteiger partial charge in [-0.05, 0) is 37.5 Å². The fourth-order valence-electron chi connectivity index (χ4n) is 2.08. The molecule has 0 bridgehead atoms. The molecule has 1 heterocycles. The molecule has 0 aliphatic carbocycles. The Bertz CT molecular complexity index is 468. The van der Waals surface area contributed by atoms with Crippen LogP contribution in [-0.4, -0.2) is 29.9 Å². The number of carbonyl (C=O) groups excluding carboxylic acids is 1. The maximum absolute atomic E-state index is 13.7. The van der Waals surface area contributed by atoms with Crippen molar-refractivity contribution in [2.75, 3.05) is 13.1 Å². The first kappa shape index (κ1) is 13.0. The quantitative estimate of drug-likeness (QED) is 0.831. The van der Waals surface area contributed by atoms with Crippen LogP contribution in [0.4, 0.5) is 8.78 Å². The number of hydrogen-bond acceptors (Lipinski definition) is 2. The van der Waals surface area contributed by atoms with Crippen molar-refractivity contribution in [3.63, 3.8) is 0 Å². The first-order valence-electron chi connectivity index (χ1n) is 5.99. The number of nitrogens with two attached hydrogens (primary N) is 1. The number of carbonyl (C=O) groups is 1. The minimum absolute atomic E-state index is 0.0913. The van der Waals surface area contributed by atoms with Gasteiger partial charge in [0.2, 0.25) is 0 Å². The second kappa shape index (κ2) is 5.02. The molecule has 18 heavy (non-hydrogen) atoms. The lowest BCUT2D eigenvalue weighted by atomic mass is 10.0. The van der Waals surface area contributed by atoms with Gasteiger partial charge in [-0.2, -0.15) is 0 Å². The summed E-state index contributed by atoms with van der Waals surface area (Å²) in [6, 6.07) is 2.12. The van der Waals surface area contributed by atoms with E-state index in [0.29, 0.717) is 25.9 Å². The number of amides is 1. The molecule has 1 aliphatic heterocycles. The third-order valence-electron chi connectivity index (χ3n) is 3.31. The van der Waals surface area contributed by atoms with E-state index in [-0.39, 0.29) is 17.2 Å². The van der Waals surface area contributed by atoms with Gasteiger partial charge < -0.3 is 10.6 Å². The predicted octanol–water partition coefficient (Wildman–Crippen LogP) is 1.84. The number of hydrogen-bond donors (Lipinski definition) is 1. The van der Waals surface area contributed by atoms with Crippen LogP contribution in [0.5, 0.6) is 0 Å². The van der Waals surface area contributed by atoms with Crippen molar-refractivity contribution in [1.82, 2.24) is 4.90 Å². The first-order valence-corrected chi connectivity index (χ1v) is 5.99. The Morgan fingerprint density at radius 2 is 1.89 bits per heavy atom. The minimum Gasteiger partial charge on any atom is -0.338 e. The molecule has 0 atom stereocenters. The monoisotopic (exact) mass is 254 g/mol. The summed E-state index contributed by atoms with van der Waals surface area (Å²) in [5.41, 5.74) is 5.74. The second-order valence-corrected chi connectivity index (χ2v) is 4.71. The van der Waals surface area contributed by atoms with Gasteiger partial charge in [0, 0.05) is 19.1 Å². The van der Waals surface area contributed by atoms with Crippen molar-refractivity contribution in [2.45, 2.75) is 25.8 Å². The van der Waals surface area contributed by atoms with E-state index in [9.17, 15) is 13.6 Å². The van der Waals surface area contributed by atoms with Gasteiger partial charge in [-0.15, -0.1) is 0 Å². The van der Waals surface area contributed by atoms with Crippen LogP contribution in [0.2, 0.25) is 0 Å². The Morgan fingerprint density at radius 1 is 1.28 bits per heavy atom. The van der Waals surface area contributed by atoms with Gasteiger partial charge in [0.1, 0.15) is 11.6 Å². The first-order chi connectivity index (χ1) is 8.49. The maximum Gasteiger partial charge on any atom is 0.256 e. The lowest BCUT2D eigenvalue weighted by Crippen LogP contribution is -2.43. The van der Waals surface area contributed by atoms with Gasteiger partial charge in [0.25, 0.3) is 5.91 Å². The summed E-state index contributed by atoms with van der Waals surface area (Å²) in [7, 11) is 0. The highest BCUT2D eigenvalue weighted by atomic mass is 19.1. The van der Waals surface area contributed by atoms with Crippen molar-refractivity contribution < 1.29 is 13.6 Å². The van der Waals surface area contributed by atoms with E-state index in [2.05, 4.69) is 0 Å². The predicted molar refractivity (Wildman–Crippen MR) is 64.2 cm³/mol. The Hall–Kier alpha value is -1.49. The second-order valence-electron chi connectivity index (χ2n) is 4.71. The summed E-state index contributed by atoms with van der Waals surface area (Å²) in [5, 5.41) is 0. The number of halogens is 2. The summed E-state index contributed by atoms with van der Waals surface area (Å²) >= 11 is 0. The molecule has 0 unspecified atom stereocenters. The number of nitrogens with zero attached hydrogens (tertiary/aromatic N) is 1. The van der Waals surface area contributed by atoms with Gasteiger partial charge in [0.05, 0.1) is 5.56 Å². The zero-order chi connectivity index (χ0) is 13.3. The molecule has 0 radical (unpaired) electrons. The zero-order valence-corrected chi connectivity index (χ0v) is 10.2. The van der Waals surface area contributed by atoms with Gasteiger partial charge >= 0.3 is 0 Å². The van der Waals surface area contributed by atoms with Gasteiger partial charge in [0.15, 0.2) is 0 Å². The molecule has 1 amide bonds.